The van der Waals surface area contributed by atoms with E-state index in [4.69, 9.17) is 6.32 Å². The van der Waals surface area contributed by atoms with Gasteiger partial charge in [0.1, 0.15) is 0 Å². The third kappa shape index (κ3) is 1510. The molecule has 0 radical (unpaired) electrons. The summed E-state index contributed by atoms with van der Waals surface area (Å²) in [6.07, 6.45) is 0. The van der Waals surface area contributed by atoms with Gasteiger partial charge in [0.2, 0.25) is 1.43 Å². The first kappa shape index (κ1) is 3.31. The van der Waals surface area contributed by atoms with E-state index in [0.29, 0.717) is 0 Å². The summed E-state index contributed by atoms with van der Waals surface area (Å²) in [5.74, 6) is 0. The Hall–Kier alpha value is 0.110. The van der Waals surface area contributed by atoms with Crippen LogP contribution >= 0.6 is 7.75 Å². The second kappa shape index (κ2) is 1.06. The number of hydrogen-bond acceptors (Lipinski definition) is 2. The van der Waals surface area contributed by atoms with Gasteiger partial charge < -0.3 is 9.79 Å². The molecule has 0 aliphatic rings. The number of hydrogen-bond donors (Lipinski definition) is 3. The lowest BCUT2D eigenvalue weighted by atomic mass is 13.9. The Kier molecular flexibility index (Phi) is 0.704. The molecule has 32 valence electrons. The van der Waals surface area contributed by atoms with E-state index in [1.54, 1.807) is 0 Å². The lowest BCUT2D eigenvalue weighted by Gasteiger charge is -1.84. The van der Waals surface area contributed by atoms with E-state index in [0.717, 1.165) is 0 Å². The largest absolute Gasteiger partial charge is 0.397 e. The van der Waals surface area contributed by atoms with Gasteiger partial charge in [0.25, 0.3) is 0 Å². The fraction of sp³-hybridized carbons (Fsp3) is 0. The van der Waals surface area contributed by atoms with E-state index in [9.17, 15) is 4.57 Å². The van der Waals surface area contributed by atoms with Gasteiger partial charge in [0.15, 0.2) is 0 Å². The molecule has 5 heteroatoms. The van der Waals surface area contributed by atoms with Gasteiger partial charge in [-0.1, -0.05) is 0 Å². The zero-order valence-electron chi connectivity index (χ0n) is 3.29. The number of nitrogens with two attached hydrogens (primary N) is 1. The predicted molar refractivity (Wildman–Crippen MR) is 16.2 cm³/mol. The van der Waals surface area contributed by atoms with Gasteiger partial charge in [-0.2, -0.15) is 0 Å². The fourth-order valence-electron chi connectivity index (χ4n) is 0. The van der Waals surface area contributed by atoms with Gasteiger partial charge in [-0.25, -0.2) is 10.1 Å². The zero-order chi connectivity index (χ0) is 5.21. The molecule has 0 aliphatic heterocycles. The molecule has 0 saturated carbocycles. The first-order chi connectivity index (χ1) is 2.56. The van der Waals surface area contributed by atoms with Crippen LogP contribution in [0.15, 0.2) is 0 Å². The molecule has 0 fully saturated rings. The molecule has 0 aromatic carbocycles. The van der Waals surface area contributed by atoms with Gasteiger partial charge >= 0.3 is 7.75 Å². The minimum absolute atomic E-state index is 3.08. The summed E-state index contributed by atoms with van der Waals surface area (Å²) >= 11 is 0. The third-order valence-corrected chi connectivity index (χ3v) is 0. The molecule has 4 N–H and O–H groups in total. The summed E-state index contributed by atoms with van der Waals surface area (Å²) in [6.45, 7) is 0. The van der Waals surface area contributed by atoms with Crippen molar-refractivity contribution in [2.45, 2.75) is 0 Å². The molecule has 0 bridgehead atoms. The maximum absolute atomic E-state index is 9.51. The average Bonchev–Trinajstić information content (AvgIpc) is 1.35. The van der Waals surface area contributed by atoms with Gasteiger partial charge in [0, 0.05) is 0 Å². The molecule has 5 heavy (non-hydrogen) atoms. The smallest absolute Gasteiger partial charge is 0.313 e. The first-order valence-corrected chi connectivity index (χ1v) is 2.47. The van der Waals surface area contributed by atoms with Crippen molar-refractivity contribution in [1.82, 2.24) is 0 Å². The van der Waals surface area contributed by atoms with Crippen molar-refractivity contribution < 1.29 is 14.4 Å². The minimum Gasteiger partial charge on any atom is -0.313 e. The summed E-state index contributed by atoms with van der Waals surface area (Å²) in [7, 11) is -3.98. The summed E-state index contributed by atoms with van der Waals surface area (Å²) < 4.78 is 15.2. The van der Waals surface area contributed by atoms with Crippen LogP contribution in [0.3, 0.4) is 0 Å². The highest BCUT2D eigenvalue weighted by Crippen LogP contribution is 2.19. The van der Waals surface area contributed by atoms with Crippen molar-refractivity contribution in [2.75, 3.05) is 0 Å². The van der Waals surface area contributed by atoms with Crippen molar-refractivity contribution >= 4 is 7.75 Å². The monoisotopic (exact) mass is 98.0 g/mol. The predicted octanol–water partition coefficient (Wildman–Crippen LogP) is -0.962. The van der Waals surface area contributed by atoms with Crippen molar-refractivity contribution in [2.24, 2.45) is 5.50 Å². The fourth-order valence-corrected chi connectivity index (χ4v) is 0. The topological polar surface area (TPSA) is 83.5 Å². The van der Waals surface area contributed by atoms with Crippen LogP contribution < -0.4 is 5.50 Å². The quantitative estimate of drug-likeness (QED) is 0.369. The summed E-state index contributed by atoms with van der Waals surface area (Å²) in [5.41, 5.74) is 4.24. The van der Waals surface area contributed by atoms with Crippen LogP contribution in [0.25, 0.3) is 0 Å². The Morgan fingerprint density at radius 1 is 2.20 bits per heavy atom. The van der Waals surface area contributed by atoms with Crippen LogP contribution in [0.4, 0.5) is 0 Å². The summed E-state index contributed by atoms with van der Waals surface area (Å²) in [6, 6.07) is 0. The molecule has 0 amide bonds. The van der Waals surface area contributed by atoms with Crippen LogP contribution in [-0.4, -0.2) is 11.2 Å². The van der Waals surface area contributed by atoms with Gasteiger partial charge in [-0.05, 0) is 0 Å². The highest BCUT2D eigenvalue weighted by atomic mass is 31.2. The minimum atomic E-state index is -3.98. The third-order valence-electron chi connectivity index (χ3n) is 0. The van der Waals surface area contributed by atoms with E-state index < -0.39 is 7.75 Å². The SMILES string of the molecule is [2H]OP(N)(=O)O. The lowest BCUT2D eigenvalue weighted by molar-refractivity contribution is 0.374. The maximum atomic E-state index is 9.51. The second-order valence-electron chi connectivity index (χ2n) is 0.564. The van der Waals surface area contributed by atoms with Crippen LogP contribution in [0.1, 0.15) is 0 Å². The maximum Gasteiger partial charge on any atom is 0.397 e. The highest BCUT2D eigenvalue weighted by Gasteiger charge is 1.96. The van der Waals surface area contributed by atoms with Gasteiger partial charge in [-0.3, -0.25) is 0 Å². The van der Waals surface area contributed by atoms with E-state index in [1.165, 1.54) is 0 Å². The molecule has 0 rings (SSSR count). The Morgan fingerprint density at radius 3 is 2.40 bits per heavy atom. The van der Waals surface area contributed by atoms with Gasteiger partial charge in [0.05, 0.1) is 0 Å². The van der Waals surface area contributed by atoms with Crippen LogP contribution in [0.5, 0.6) is 0 Å². The summed E-state index contributed by atoms with van der Waals surface area (Å²) in [5, 5.41) is 0. The molecular weight excluding hydrogens is 93.0 g/mol. The van der Waals surface area contributed by atoms with E-state index in [2.05, 4.69) is 10.4 Å². The van der Waals surface area contributed by atoms with Crippen LogP contribution in [0, 0.1) is 0 Å². The van der Waals surface area contributed by atoms with E-state index >= 15 is 0 Å². The normalized spacial score (nSPS) is 24.0. The molecule has 4 nitrogen and oxygen atoms in total. The van der Waals surface area contributed by atoms with Crippen LogP contribution in [-0.2, 0) is 4.57 Å². The van der Waals surface area contributed by atoms with Crippen LogP contribution in [0.2, 0.25) is 0 Å². The van der Waals surface area contributed by atoms with Crippen molar-refractivity contribution in [3.8, 4) is 0 Å². The standard InChI is InChI=1S/H4NO3P/c1-5(2,3)4/h(H4,1,2,3,4)/i/hD. The zero-order valence-corrected chi connectivity index (χ0v) is 3.18. The Morgan fingerprint density at radius 2 is 2.40 bits per heavy atom. The molecule has 1 atom stereocenters. The Balaban J connectivity index is 3.48. The number of rotatable bonds is 1. The Labute approximate surface area is 30.3 Å². The molecule has 0 aromatic rings. The summed E-state index contributed by atoms with van der Waals surface area (Å²) in [4.78, 5) is 10.8. The highest BCUT2D eigenvalue weighted by molar-refractivity contribution is 7.49. The lowest BCUT2D eigenvalue weighted by Crippen LogP contribution is -1.87. The average molecular weight is 98.0 g/mol. The van der Waals surface area contributed by atoms with E-state index in [-0.39, 0.29) is 0 Å². The molecule has 0 spiro atoms. The van der Waals surface area contributed by atoms with Crippen molar-refractivity contribution in [3.05, 3.63) is 0 Å². The van der Waals surface area contributed by atoms with E-state index in [1.807, 2.05) is 0 Å². The Bertz CT molecular complexity index is 74.9. The van der Waals surface area contributed by atoms with Crippen molar-refractivity contribution in [1.29, 1.82) is 1.43 Å². The molecule has 0 aliphatic carbocycles. The molecule has 0 heterocycles. The van der Waals surface area contributed by atoms with Crippen molar-refractivity contribution in [3.63, 3.8) is 0 Å². The second-order valence-corrected chi connectivity index (χ2v) is 1.69. The molecule has 0 saturated heterocycles. The molecular formula is H4NO3P. The molecule has 1 unspecified atom stereocenters. The first-order valence-electron chi connectivity index (χ1n) is 1.23. The molecule has 0 aromatic heterocycles. The van der Waals surface area contributed by atoms with Gasteiger partial charge in [-0.15, -0.1) is 0 Å².